The van der Waals surface area contributed by atoms with Gasteiger partial charge in [0, 0.05) is 19.3 Å². The Bertz CT molecular complexity index is 415. The van der Waals surface area contributed by atoms with Gasteiger partial charge in [0.15, 0.2) is 5.79 Å². The summed E-state index contributed by atoms with van der Waals surface area (Å²) in [5.41, 5.74) is -0.487. The van der Waals surface area contributed by atoms with Gasteiger partial charge in [-0.3, -0.25) is 4.79 Å². The molecule has 2 atom stereocenters. The van der Waals surface area contributed by atoms with Crippen molar-refractivity contribution >= 4 is 5.97 Å². The lowest BCUT2D eigenvalue weighted by molar-refractivity contribution is -0.313. The average molecular weight is 295 g/mol. The van der Waals surface area contributed by atoms with E-state index >= 15 is 0 Å². The molecule has 0 aromatic carbocycles. The van der Waals surface area contributed by atoms with E-state index in [1.807, 2.05) is 20.8 Å². The molecule has 0 bridgehead atoms. The van der Waals surface area contributed by atoms with Crippen molar-refractivity contribution in [3.8, 4) is 6.07 Å². The summed E-state index contributed by atoms with van der Waals surface area (Å²) >= 11 is 0. The van der Waals surface area contributed by atoms with Crippen molar-refractivity contribution < 1.29 is 19.0 Å². The van der Waals surface area contributed by atoms with Gasteiger partial charge < -0.3 is 14.2 Å². The number of carbonyl (C=O) groups is 1. The third-order valence-corrected chi connectivity index (χ3v) is 3.79. The lowest BCUT2D eigenvalue weighted by atomic mass is 10.0. The Morgan fingerprint density at radius 3 is 2.48 bits per heavy atom. The highest BCUT2D eigenvalue weighted by molar-refractivity contribution is 5.70. The van der Waals surface area contributed by atoms with Gasteiger partial charge in [-0.2, -0.15) is 5.26 Å². The number of hydrogen-bond acceptors (Lipinski definition) is 5. The number of hydrogen-bond donors (Lipinski definition) is 0. The molecule has 0 unspecified atom stereocenters. The summed E-state index contributed by atoms with van der Waals surface area (Å²) in [6, 6.07) is 2.16. The van der Waals surface area contributed by atoms with Crippen LogP contribution in [0.3, 0.4) is 0 Å². The largest absolute Gasteiger partial charge is 0.460 e. The van der Waals surface area contributed by atoms with Crippen LogP contribution in [0.15, 0.2) is 0 Å². The minimum atomic E-state index is -0.577. The van der Waals surface area contributed by atoms with Gasteiger partial charge in [0.2, 0.25) is 0 Å². The predicted octanol–water partition coefficient (Wildman–Crippen LogP) is 3.08. The first kappa shape index (κ1) is 16.3. The van der Waals surface area contributed by atoms with Gasteiger partial charge in [-0.15, -0.1) is 0 Å². The van der Waals surface area contributed by atoms with E-state index in [2.05, 4.69) is 6.07 Å². The van der Waals surface area contributed by atoms with Crippen LogP contribution in [-0.2, 0) is 19.0 Å². The molecule has 118 valence electrons. The minimum absolute atomic E-state index is 0.144. The molecule has 2 rings (SSSR count). The maximum atomic E-state index is 12.0. The Morgan fingerprint density at radius 2 is 1.90 bits per heavy atom. The van der Waals surface area contributed by atoms with E-state index in [1.54, 1.807) is 0 Å². The molecule has 1 aliphatic carbocycles. The van der Waals surface area contributed by atoms with E-state index in [0.29, 0.717) is 12.8 Å². The quantitative estimate of drug-likeness (QED) is 0.748. The summed E-state index contributed by atoms with van der Waals surface area (Å²) in [7, 11) is 0. The molecule has 2 aliphatic rings. The second-order valence-electron chi connectivity index (χ2n) is 6.99. The molecule has 0 aromatic heterocycles. The summed E-state index contributed by atoms with van der Waals surface area (Å²) in [5.74, 6) is -0.829. The summed E-state index contributed by atoms with van der Waals surface area (Å²) in [4.78, 5) is 12.0. The van der Waals surface area contributed by atoms with Crippen LogP contribution in [0, 0.1) is 11.3 Å². The van der Waals surface area contributed by atoms with E-state index in [9.17, 15) is 4.79 Å². The smallest absolute Gasteiger partial charge is 0.308 e. The van der Waals surface area contributed by atoms with Crippen LogP contribution in [0.5, 0.6) is 0 Å². The first-order valence-corrected chi connectivity index (χ1v) is 7.76. The number of esters is 1. The van der Waals surface area contributed by atoms with Crippen LogP contribution in [-0.4, -0.2) is 29.6 Å². The van der Waals surface area contributed by atoms with Crippen molar-refractivity contribution in [2.24, 2.45) is 0 Å². The lowest BCUT2D eigenvalue weighted by Gasteiger charge is -2.42. The summed E-state index contributed by atoms with van der Waals surface area (Å²) in [5, 5.41) is 8.91. The molecule has 0 aromatic rings. The fourth-order valence-corrected chi connectivity index (χ4v) is 3.09. The van der Waals surface area contributed by atoms with E-state index < -0.39 is 11.4 Å². The van der Waals surface area contributed by atoms with Crippen molar-refractivity contribution in [1.29, 1.82) is 5.26 Å². The average Bonchev–Trinajstić information content (AvgIpc) is 2.73. The van der Waals surface area contributed by atoms with Crippen LogP contribution in [0.4, 0.5) is 0 Å². The highest BCUT2D eigenvalue weighted by Gasteiger charge is 2.45. The van der Waals surface area contributed by atoms with Crippen LogP contribution in [0.25, 0.3) is 0 Å². The van der Waals surface area contributed by atoms with Gasteiger partial charge in [-0.1, -0.05) is 0 Å². The lowest BCUT2D eigenvalue weighted by Crippen LogP contribution is -2.47. The number of rotatable bonds is 3. The number of nitriles is 1. The molecular formula is C16H25NO4. The fraction of sp³-hybridized carbons (Fsp3) is 0.875. The highest BCUT2D eigenvalue weighted by atomic mass is 16.7. The molecule has 5 nitrogen and oxygen atoms in total. The van der Waals surface area contributed by atoms with Crippen molar-refractivity contribution in [1.82, 2.24) is 0 Å². The van der Waals surface area contributed by atoms with Crippen LogP contribution in [0.2, 0.25) is 0 Å². The Balaban J connectivity index is 1.98. The third-order valence-electron chi connectivity index (χ3n) is 3.79. The van der Waals surface area contributed by atoms with Crippen LogP contribution >= 0.6 is 0 Å². The van der Waals surface area contributed by atoms with E-state index in [0.717, 1.165) is 25.7 Å². The SMILES string of the molecule is CC(C)(C)OC(=O)C[C@H]1C[C@@H](CC#N)OC2(CCCC2)O1. The number of carbonyl (C=O) groups excluding carboxylic acids is 1. The fourth-order valence-electron chi connectivity index (χ4n) is 3.09. The molecule has 5 heteroatoms. The van der Waals surface area contributed by atoms with Crippen LogP contribution < -0.4 is 0 Å². The molecule has 0 N–H and O–H groups in total. The second-order valence-corrected chi connectivity index (χ2v) is 6.99. The molecule has 0 amide bonds. The normalized spacial score (nSPS) is 28.3. The predicted molar refractivity (Wildman–Crippen MR) is 76.3 cm³/mol. The van der Waals surface area contributed by atoms with Crippen molar-refractivity contribution in [3.05, 3.63) is 0 Å². The molecule has 0 radical (unpaired) electrons. The Labute approximate surface area is 126 Å². The number of ether oxygens (including phenoxy) is 3. The maximum absolute atomic E-state index is 12.0. The maximum Gasteiger partial charge on any atom is 0.308 e. The zero-order chi connectivity index (χ0) is 15.5. The molecule has 21 heavy (non-hydrogen) atoms. The van der Waals surface area contributed by atoms with Crippen molar-refractivity contribution in [2.45, 2.75) is 89.3 Å². The topological polar surface area (TPSA) is 68.6 Å². The van der Waals surface area contributed by atoms with Gasteiger partial charge in [0.25, 0.3) is 0 Å². The Hall–Kier alpha value is -1.12. The molecule has 1 aliphatic heterocycles. The molecule has 1 spiro atoms. The molecular weight excluding hydrogens is 270 g/mol. The molecule has 1 saturated heterocycles. The van der Waals surface area contributed by atoms with E-state index in [1.165, 1.54) is 0 Å². The summed E-state index contributed by atoms with van der Waals surface area (Å²) in [6.07, 6.45) is 4.62. The van der Waals surface area contributed by atoms with Gasteiger partial charge in [-0.05, 0) is 33.6 Å². The first-order chi connectivity index (χ1) is 9.82. The Morgan fingerprint density at radius 1 is 1.29 bits per heavy atom. The van der Waals surface area contributed by atoms with E-state index in [4.69, 9.17) is 19.5 Å². The van der Waals surface area contributed by atoms with Crippen molar-refractivity contribution in [3.63, 3.8) is 0 Å². The monoisotopic (exact) mass is 295 g/mol. The Kier molecular flexibility index (Phi) is 4.90. The zero-order valence-corrected chi connectivity index (χ0v) is 13.2. The van der Waals surface area contributed by atoms with Gasteiger partial charge in [-0.25, -0.2) is 0 Å². The molecule has 1 saturated carbocycles. The first-order valence-electron chi connectivity index (χ1n) is 7.76. The van der Waals surface area contributed by atoms with Gasteiger partial charge in [0.05, 0.1) is 31.1 Å². The summed E-state index contributed by atoms with van der Waals surface area (Å²) < 4.78 is 17.4. The second kappa shape index (κ2) is 6.33. The van der Waals surface area contributed by atoms with Crippen LogP contribution in [0.1, 0.15) is 65.7 Å². The van der Waals surface area contributed by atoms with Crippen molar-refractivity contribution in [2.75, 3.05) is 0 Å². The minimum Gasteiger partial charge on any atom is -0.460 e. The standard InChI is InChI=1S/C16H25NO4/c1-15(2,3)21-14(18)11-13-10-12(6-9-17)19-16(20-13)7-4-5-8-16/h12-13H,4-8,10-11H2,1-3H3/t12-,13-/m1/s1. The third kappa shape index (κ3) is 4.69. The highest BCUT2D eigenvalue weighted by Crippen LogP contribution is 2.41. The number of nitrogens with zero attached hydrogens (tertiary/aromatic N) is 1. The summed E-state index contributed by atoms with van der Waals surface area (Å²) in [6.45, 7) is 5.56. The van der Waals surface area contributed by atoms with Gasteiger partial charge in [0.1, 0.15) is 5.60 Å². The molecule has 2 fully saturated rings. The van der Waals surface area contributed by atoms with E-state index in [-0.39, 0.29) is 24.6 Å². The zero-order valence-electron chi connectivity index (χ0n) is 13.2. The molecule has 1 heterocycles. The van der Waals surface area contributed by atoms with Gasteiger partial charge >= 0.3 is 5.97 Å².